The van der Waals surface area contributed by atoms with Crippen LogP contribution in [0.3, 0.4) is 0 Å². The quantitative estimate of drug-likeness (QED) is 0.812. The first kappa shape index (κ1) is 13.8. The van der Waals surface area contributed by atoms with Gasteiger partial charge in [-0.05, 0) is 24.1 Å². The fraction of sp³-hybridized carbons (Fsp3) is 0.294. The van der Waals surface area contributed by atoms with Gasteiger partial charge in [0.1, 0.15) is 5.82 Å². The number of pyridine rings is 1. The lowest BCUT2D eigenvalue weighted by Gasteiger charge is -2.29. The van der Waals surface area contributed by atoms with Gasteiger partial charge in [-0.3, -0.25) is 4.79 Å². The number of rotatable bonds is 3. The van der Waals surface area contributed by atoms with Crippen molar-refractivity contribution >= 4 is 12.1 Å². The van der Waals surface area contributed by atoms with Crippen molar-refractivity contribution in [3.8, 4) is 11.1 Å². The summed E-state index contributed by atoms with van der Waals surface area (Å²) >= 11 is 0. The first-order valence-corrected chi connectivity index (χ1v) is 7.13. The Bertz CT molecular complexity index is 649. The topological polar surface area (TPSA) is 42.4 Å². The average molecular weight is 282 g/mol. The molecule has 1 fully saturated rings. The van der Waals surface area contributed by atoms with Crippen LogP contribution in [-0.4, -0.2) is 37.6 Å². The van der Waals surface area contributed by atoms with Gasteiger partial charge in [-0.15, -0.1) is 0 Å². The minimum absolute atomic E-state index is 0.692. The number of benzene rings is 1. The van der Waals surface area contributed by atoms with E-state index in [1.54, 1.807) is 0 Å². The van der Waals surface area contributed by atoms with Crippen molar-refractivity contribution in [1.82, 2.24) is 4.98 Å². The molecule has 0 saturated carbocycles. The Morgan fingerprint density at radius 1 is 1.24 bits per heavy atom. The number of carbonyl (C=O) groups is 1. The van der Waals surface area contributed by atoms with E-state index in [9.17, 15) is 4.79 Å². The first-order chi connectivity index (χ1) is 10.3. The lowest BCUT2D eigenvalue weighted by Crippen LogP contribution is -2.37. The molecule has 0 aliphatic carbocycles. The van der Waals surface area contributed by atoms with E-state index < -0.39 is 0 Å². The number of ether oxygens (including phenoxy) is 1. The van der Waals surface area contributed by atoms with Gasteiger partial charge in [-0.1, -0.05) is 24.3 Å². The largest absolute Gasteiger partial charge is 0.378 e. The predicted molar refractivity (Wildman–Crippen MR) is 82.8 cm³/mol. The van der Waals surface area contributed by atoms with Gasteiger partial charge in [0.15, 0.2) is 6.29 Å². The molecule has 0 atom stereocenters. The molecular formula is C17H18N2O2. The van der Waals surface area contributed by atoms with Crippen LogP contribution in [0.5, 0.6) is 0 Å². The van der Waals surface area contributed by atoms with Crippen molar-refractivity contribution in [2.24, 2.45) is 0 Å². The molecule has 0 radical (unpaired) electrons. The zero-order chi connectivity index (χ0) is 14.7. The fourth-order valence-corrected chi connectivity index (χ4v) is 2.68. The zero-order valence-corrected chi connectivity index (χ0v) is 12.1. The molecule has 4 nitrogen and oxygen atoms in total. The van der Waals surface area contributed by atoms with Crippen molar-refractivity contribution < 1.29 is 9.53 Å². The molecule has 0 bridgehead atoms. The summed E-state index contributed by atoms with van der Waals surface area (Å²) in [6.07, 6.45) is 2.74. The second kappa shape index (κ2) is 6.06. The number of aromatic nitrogens is 1. The van der Waals surface area contributed by atoms with Crippen LogP contribution >= 0.6 is 0 Å². The Balaban J connectivity index is 1.95. The summed E-state index contributed by atoms with van der Waals surface area (Å²) in [7, 11) is 0. The minimum Gasteiger partial charge on any atom is -0.378 e. The highest BCUT2D eigenvalue weighted by molar-refractivity contribution is 5.87. The van der Waals surface area contributed by atoms with E-state index in [0.29, 0.717) is 5.56 Å². The van der Waals surface area contributed by atoms with Crippen molar-refractivity contribution in [3.05, 3.63) is 47.7 Å². The summed E-state index contributed by atoms with van der Waals surface area (Å²) in [4.78, 5) is 18.0. The maximum absolute atomic E-state index is 11.2. The van der Waals surface area contributed by atoms with Crippen LogP contribution in [0.4, 0.5) is 5.82 Å². The molecule has 1 aliphatic rings. The molecule has 21 heavy (non-hydrogen) atoms. The molecule has 4 heteroatoms. The summed E-state index contributed by atoms with van der Waals surface area (Å²) in [6, 6.07) is 9.69. The van der Waals surface area contributed by atoms with Crippen LogP contribution in [0, 0.1) is 6.92 Å². The Kier molecular flexibility index (Phi) is 3.97. The highest BCUT2D eigenvalue weighted by Gasteiger charge is 2.15. The van der Waals surface area contributed by atoms with Gasteiger partial charge >= 0.3 is 0 Å². The molecular weight excluding hydrogens is 264 g/mol. The van der Waals surface area contributed by atoms with Gasteiger partial charge in [0.25, 0.3) is 0 Å². The van der Waals surface area contributed by atoms with E-state index in [-0.39, 0.29) is 0 Å². The van der Waals surface area contributed by atoms with Gasteiger partial charge in [-0.2, -0.15) is 0 Å². The summed E-state index contributed by atoms with van der Waals surface area (Å²) in [6.45, 7) is 5.30. The van der Waals surface area contributed by atoms with E-state index in [1.807, 2.05) is 30.5 Å². The van der Waals surface area contributed by atoms with E-state index in [1.165, 1.54) is 0 Å². The fourth-order valence-electron chi connectivity index (χ4n) is 2.68. The molecule has 1 saturated heterocycles. The van der Waals surface area contributed by atoms with Crippen molar-refractivity contribution in [2.75, 3.05) is 31.2 Å². The standard InChI is InChI=1S/C17H18N2O2/c1-13-10-15(16-5-3-2-4-14(16)12-20)11-18-17(13)19-6-8-21-9-7-19/h2-5,10-12H,6-9H2,1H3. The third-order valence-corrected chi connectivity index (χ3v) is 3.76. The molecule has 0 spiro atoms. The third-order valence-electron chi connectivity index (χ3n) is 3.76. The van der Waals surface area contributed by atoms with Crippen LogP contribution < -0.4 is 4.90 Å². The number of nitrogens with zero attached hydrogens (tertiary/aromatic N) is 2. The van der Waals surface area contributed by atoms with Crippen molar-refractivity contribution in [1.29, 1.82) is 0 Å². The zero-order valence-electron chi connectivity index (χ0n) is 12.1. The van der Waals surface area contributed by atoms with Gasteiger partial charge < -0.3 is 9.64 Å². The smallest absolute Gasteiger partial charge is 0.150 e. The number of carbonyl (C=O) groups excluding carboxylic acids is 1. The Hall–Kier alpha value is -2.20. The molecule has 0 unspecified atom stereocenters. The van der Waals surface area contributed by atoms with E-state index in [2.05, 4.69) is 22.9 Å². The van der Waals surface area contributed by atoms with Crippen LogP contribution in [-0.2, 0) is 4.74 Å². The Morgan fingerprint density at radius 3 is 2.71 bits per heavy atom. The second-order valence-electron chi connectivity index (χ2n) is 5.17. The maximum Gasteiger partial charge on any atom is 0.150 e. The highest BCUT2D eigenvalue weighted by atomic mass is 16.5. The lowest BCUT2D eigenvalue weighted by atomic mass is 10.0. The third kappa shape index (κ3) is 2.81. The summed E-state index contributed by atoms with van der Waals surface area (Å²) < 4.78 is 5.38. The van der Waals surface area contributed by atoms with Crippen LogP contribution in [0.2, 0.25) is 0 Å². The normalized spacial score (nSPS) is 15.0. The summed E-state index contributed by atoms with van der Waals surface area (Å²) in [5.41, 5.74) is 3.72. The molecule has 0 N–H and O–H groups in total. The molecule has 108 valence electrons. The van der Waals surface area contributed by atoms with Crippen molar-refractivity contribution in [2.45, 2.75) is 6.92 Å². The lowest BCUT2D eigenvalue weighted by molar-refractivity contribution is 0.112. The number of anilines is 1. The highest BCUT2D eigenvalue weighted by Crippen LogP contribution is 2.27. The molecule has 2 heterocycles. The summed E-state index contributed by atoms with van der Waals surface area (Å²) in [5, 5.41) is 0. The molecule has 3 rings (SSSR count). The molecule has 1 aliphatic heterocycles. The molecule has 0 amide bonds. The molecule has 2 aromatic rings. The van der Waals surface area contributed by atoms with Crippen LogP contribution in [0.1, 0.15) is 15.9 Å². The van der Waals surface area contributed by atoms with Gasteiger partial charge in [0, 0.05) is 30.4 Å². The first-order valence-electron chi connectivity index (χ1n) is 7.13. The van der Waals surface area contributed by atoms with E-state index in [0.717, 1.165) is 55.1 Å². The average Bonchev–Trinajstić information content (AvgIpc) is 2.55. The van der Waals surface area contributed by atoms with Gasteiger partial charge in [0.2, 0.25) is 0 Å². The number of aryl methyl sites for hydroxylation is 1. The molecule has 1 aromatic carbocycles. The number of hydrogen-bond donors (Lipinski definition) is 0. The Morgan fingerprint density at radius 2 is 2.00 bits per heavy atom. The summed E-state index contributed by atoms with van der Waals surface area (Å²) in [5.74, 6) is 1.01. The number of hydrogen-bond acceptors (Lipinski definition) is 4. The maximum atomic E-state index is 11.2. The van der Waals surface area contributed by atoms with Crippen LogP contribution in [0.25, 0.3) is 11.1 Å². The van der Waals surface area contributed by atoms with Crippen LogP contribution in [0.15, 0.2) is 36.5 Å². The van der Waals surface area contributed by atoms with E-state index >= 15 is 0 Å². The molecule has 1 aromatic heterocycles. The number of morpholine rings is 1. The van der Waals surface area contributed by atoms with Gasteiger partial charge in [0.05, 0.1) is 13.2 Å². The second-order valence-corrected chi connectivity index (χ2v) is 5.17. The SMILES string of the molecule is Cc1cc(-c2ccccc2C=O)cnc1N1CCOCC1. The van der Waals surface area contributed by atoms with E-state index in [4.69, 9.17) is 4.74 Å². The number of aldehydes is 1. The van der Waals surface area contributed by atoms with Crippen molar-refractivity contribution in [3.63, 3.8) is 0 Å². The monoisotopic (exact) mass is 282 g/mol. The predicted octanol–water partition coefficient (Wildman–Crippen LogP) is 2.71. The van der Waals surface area contributed by atoms with Gasteiger partial charge in [-0.25, -0.2) is 4.98 Å². The Labute approximate surface area is 124 Å². The minimum atomic E-state index is 0.692.